The number of hydrogen-bond acceptors (Lipinski definition) is 2. The first-order valence-corrected chi connectivity index (χ1v) is 3.37. The van der Waals surface area contributed by atoms with E-state index in [0.29, 0.717) is 0 Å². The molecule has 0 aliphatic carbocycles. The predicted octanol–water partition coefficient (Wildman–Crippen LogP) is 1.07. The molecule has 0 saturated heterocycles. The van der Waals surface area contributed by atoms with Gasteiger partial charge in [-0.3, -0.25) is 4.79 Å². The first-order chi connectivity index (χ1) is 4.27. The zero-order valence-corrected chi connectivity index (χ0v) is 4.99. The standard InChI is InChI=1S/C4H8O2S.H2/c1-7-3-2-4(5)6;/h2-3H2,1H3,(H,5,6);1H/i;1+1D. The van der Waals surface area contributed by atoms with Crippen molar-refractivity contribution in [1.82, 2.24) is 0 Å². The molecule has 3 heteroatoms. The molecule has 0 unspecified atom stereocenters. The molecule has 44 valence electrons. The van der Waals surface area contributed by atoms with Crippen LogP contribution in [0.3, 0.4) is 0 Å². The second-order valence-electron chi connectivity index (χ2n) is 1.14. The van der Waals surface area contributed by atoms with Crippen molar-refractivity contribution in [3.05, 3.63) is 0 Å². The fraction of sp³-hybridized carbons (Fsp3) is 0.750. The van der Waals surface area contributed by atoms with E-state index < -0.39 is 5.97 Å². The Morgan fingerprint density at radius 3 is 2.86 bits per heavy atom. The summed E-state index contributed by atoms with van der Waals surface area (Å²) in [5, 5.41) is 8.03. The van der Waals surface area contributed by atoms with Crippen molar-refractivity contribution in [3.63, 3.8) is 0 Å². The number of carbonyl (C=O) groups is 1. The van der Waals surface area contributed by atoms with Gasteiger partial charge in [0.2, 0.25) is 0 Å². The van der Waals surface area contributed by atoms with Gasteiger partial charge in [-0.1, -0.05) is 0 Å². The van der Waals surface area contributed by atoms with Crippen LogP contribution in [0.25, 0.3) is 0 Å². The Hall–Kier alpha value is -0.180. The van der Waals surface area contributed by atoms with Crippen molar-refractivity contribution >= 4 is 17.7 Å². The van der Waals surface area contributed by atoms with E-state index in [1.165, 1.54) is 0 Å². The quantitative estimate of drug-likeness (QED) is 0.611. The van der Waals surface area contributed by atoms with Crippen LogP contribution >= 0.6 is 11.8 Å². The minimum Gasteiger partial charge on any atom is -0.481 e. The maximum absolute atomic E-state index is 9.74. The van der Waals surface area contributed by atoms with Gasteiger partial charge in [0.15, 0.2) is 0 Å². The lowest BCUT2D eigenvalue weighted by Gasteiger charge is -1.85. The zero-order chi connectivity index (χ0) is 7.70. The molecule has 0 aliphatic heterocycles. The molecule has 0 rings (SSSR count). The highest BCUT2D eigenvalue weighted by molar-refractivity contribution is 7.98. The molecular weight excluding hydrogens is 112 g/mol. The highest BCUT2D eigenvalue weighted by Gasteiger charge is 1.91. The lowest BCUT2D eigenvalue weighted by molar-refractivity contribution is -0.136. The molecule has 2 nitrogen and oxygen atoms in total. The van der Waals surface area contributed by atoms with Crippen LogP contribution in [0.5, 0.6) is 0 Å². The molecule has 0 aromatic carbocycles. The Balaban J connectivity index is 0. The number of hydrogen-bond donors (Lipinski definition) is 1. The molecule has 0 amide bonds. The summed E-state index contributed by atoms with van der Waals surface area (Å²) < 4.78 is 10.0. The molecule has 0 fully saturated rings. The third kappa shape index (κ3) is 5.82. The third-order valence-electron chi connectivity index (χ3n) is 0.520. The van der Waals surface area contributed by atoms with E-state index in [1.807, 2.05) is 6.26 Å². The fourth-order valence-corrected chi connectivity index (χ4v) is 0.568. The average molecular weight is 124 g/mol. The summed E-state index contributed by atoms with van der Waals surface area (Å²) in [5.74, 6) is 0.00403. The summed E-state index contributed by atoms with van der Waals surface area (Å²) in [6.45, 7) is 0. The van der Waals surface area contributed by atoms with Gasteiger partial charge in [-0.2, -0.15) is 11.8 Å². The zero-order valence-electron chi connectivity index (χ0n) is 6.18. The Bertz CT molecular complexity index is 69.6. The predicted molar refractivity (Wildman–Crippen MR) is 32.7 cm³/mol. The molecule has 0 spiro atoms. The minimum absolute atomic E-state index is 0.279. The summed E-state index contributed by atoms with van der Waals surface area (Å²) in [6, 6.07) is 0. The molecule has 0 heterocycles. The number of carboxylic acid groups (broad SMARTS) is 1. The second kappa shape index (κ2) is 3.99. The fourth-order valence-electron chi connectivity index (χ4n) is 0.189. The van der Waals surface area contributed by atoms with Crippen LogP contribution in [-0.2, 0) is 4.79 Å². The first kappa shape index (κ1) is 4.97. The first-order valence-electron chi connectivity index (χ1n) is 2.98. The summed E-state index contributed by atoms with van der Waals surface area (Å²) in [5.41, 5.74) is 0. The van der Waals surface area contributed by atoms with E-state index in [4.69, 9.17) is 8.08 Å². The van der Waals surface area contributed by atoms with Crippen LogP contribution in [-0.4, -0.2) is 23.1 Å². The molecule has 0 atom stereocenters. The number of carboxylic acids is 1. The van der Waals surface area contributed by atoms with Crippen molar-refractivity contribution in [1.29, 1.82) is 0 Å². The van der Waals surface area contributed by atoms with Crippen LogP contribution in [0.1, 0.15) is 9.39 Å². The molecule has 0 aromatic heterocycles. The Kier molecular flexibility index (Phi) is 2.83. The van der Waals surface area contributed by atoms with Crippen LogP contribution in [0.2, 0.25) is 0 Å². The van der Waals surface area contributed by atoms with Crippen LogP contribution < -0.4 is 0 Å². The van der Waals surface area contributed by atoms with E-state index in [9.17, 15) is 4.79 Å². The van der Waals surface area contributed by atoms with Gasteiger partial charge in [0.05, 0.1) is 6.42 Å². The van der Waals surface area contributed by atoms with Crippen molar-refractivity contribution in [2.24, 2.45) is 0 Å². The van der Waals surface area contributed by atoms with Crippen molar-refractivity contribution in [3.8, 4) is 0 Å². The van der Waals surface area contributed by atoms with Crippen LogP contribution in [0, 0.1) is 0 Å². The van der Waals surface area contributed by atoms with E-state index >= 15 is 0 Å². The van der Waals surface area contributed by atoms with Crippen LogP contribution in [0.15, 0.2) is 0 Å². The Labute approximate surface area is 50.0 Å². The maximum Gasteiger partial charge on any atom is 0.304 e. The number of thioether (sulfide) groups is 1. The van der Waals surface area contributed by atoms with E-state index in [-0.39, 0.29) is 6.42 Å². The largest absolute Gasteiger partial charge is 0.481 e. The minimum atomic E-state index is -0.714. The highest BCUT2D eigenvalue weighted by atomic mass is 32.2. The normalized spacial score (nSPS) is 9.86. The summed E-state index contributed by atoms with van der Waals surface area (Å²) >= 11 is 1.55. The molecular formula is C4H10O2S. The van der Waals surface area contributed by atoms with Crippen molar-refractivity contribution < 1.29 is 12.9 Å². The van der Waals surface area contributed by atoms with Crippen LogP contribution in [0.4, 0.5) is 0 Å². The lowest BCUT2D eigenvalue weighted by atomic mass is 10.5. The van der Waals surface area contributed by atoms with E-state index in [2.05, 4.69) is 0 Å². The molecule has 0 aromatic rings. The van der Waals surface area contributed by atoms with E-state index in [0.717, 1.165) is 5.75 Å². The number of aliphatic carboxylic acids is 1. The van der Waals surface area contributed by atoms with Gasteiger partial charge in [0, 0.05) is 8.72 Å². The molecule has 0 aliphatic rings. The van der Waals surface area contributed by atoms with Gasteiger partial charge in [-0.25, -0.2) is 0 Å². The van der Waals surface area contributed by atoms with Crippen molar-refractivity contribution in [2.75, 3.05) is 12.0 Å². The molecule has 0 radical (unpaired) electrons. The molecule has 0 bridgehead atoms. The topological polar surface area (TPSA) is 37.3 Å². The highest BCUT2D eigenvalue weighted by Crippen LogP contribution is 1.93. The van der Waals surface area contributed by atoms with E-state index in [1.54, 1.807) is 11.8 Å². The second-order valence-corrected chi connectivity index (χ2v) is 2.12. The lowest BCUT2D eigenvalue weighted by Crippen LogP contribution is -1.94. The maximum atomic E-state index is 9.74. The van der Waals surface area contributed by atoms with Crippen molar-refractivity contribution in [2.45, 2.75) is 6.42 Å². The number of rotatable bonds is 3. The summed E-state index contributed by atoms with van der Waals surface area (Å²) in [6.07, 6.45) is 2.17. The summed E-state index contributed by atoms with van der Waals surface area (Å²) in [7, 11) is 0. The molecule has 0 saturated carbocycles. The molecule has 7 heavy (non-hydrogen) atoms. The van der Waals surface area contributed by atoms with Gasteiger partial charge < -0.3 is 5.11 Å². The van der Waals surface area contributed by atoms with Gasteiger partial charge in [-0.15, -0.1) is 0 Å². The molecule has 1 N–H and O–H groups in total. The van der Waals surface area contributed by atoms with Gasteiger partial charge in [-0.05, 0) is 6.26 Å². The SMILES string of the molecule is CSCCC(=O)O.[2H][2H]. The van der Waals surface area contributed by atoms with Gasteiger partial charge in [0.1, 0.15) is 0 Å². The Morgan fingerprint density at radius 2 is 2.71 bits per heavy atom. The smallest absolute Gasteiger partial charge is 0.304 e. The average Bonchev–Trinajstić information content (AvgIpc) is 1.88. The monoisotopic (exact) mass is 124 g/mol. The summed E-state index contributed by atoms with van der Waals surface area (Å²) in [4.78, 5) is 9.74. The van der Waals surface area contributed by atoms with Gasteiger partial charge >= 0.3 is 5.97 Å². The Morgan fingerprint density at radius 1 is 2.14 bits per heavy atom. The third-order valence-corrected chi connectivity index (χ3v) is 1.13. The van der Waals surface area contributed by atoms with Gasteiger partial charge in [0.25, 0.3) is 0 Å².